The van der Waals surface area contributed by atoms with Gasteiger partial charge in [0.2, 0.25) is 0 Å². The first-order valence-corrected chi connectivity index (χ1v) is 7.28. The topological polar surface area (TPSA) is 67.9 Å². The summed E-state index contributed by atoms with van der Waals surface area (Å²) in [5.41, 5.74) is 3.06. The molecule has 3 rings (SSSR count). The van der Waals surface area contributed by atoms with Gasteiger partial charge in [0.05, 0.1) is 17.3 Å². The van der Waals surface area contributed by atoms with Crippen LogP contribution >= 0.6 is 0 Å². The lowest BCUT2D eigenvalue weighted by Crippen LogP contribution is -2.39. The molecular formula is C17H17N3O2. The molecule has 1 aromatic carbocycles. The van der Waals surface area contributed by atoms with E-state index < -0.39 is 5.60 Å². The maximum absolute atomic E-state index is 12.4. The molecule has 2 heterocycles. The maximum atomic E-state index is 12.4. The summed E-state index contributed by atoms with van der Waals surface area (Å²) in [5, 5.41) is 9.02. The van der Waals surface area contributed by atoms with E-state index in [1.54, 1.807) is 17.0 Å². The lowest BCUT2D eigenvalue weighted by atomic mass is 9.93. The Morgan fingerprint density at radius 3 is 2.91 bits per heavy atom. The number of nitriles is 1. The van der Waals surface area contributed by atoms with Crippen LogP contribution in [0.3, 0.4) is 0 Å². The Hall–Kier alpha value is -2.61. The van der Waals surface area contributed by atoms with E-state index in [-0.39, 0.29) is 5.97 Å². The van der Waals surface area contributed by atoms with Crippen LogP contribution in [-0.2, 0) is 11.2 Å². The fourth-order valence-electron chi connectivity index (χ4n) is 2.71. The van der Waals surface area contributed by atoms with Gasteiger partial charge in [-0.05, 0) is 44.0 Å². The van der Waals surface area contributed by atoms with E-state index in [4.69, 9.17) is 10.00 Å². The fourth-order valence-corrected chi connectivity index (χ4v) is 2.71. The van der Waals surface area contributed by atoms with Crippen molar-refractivity contribution in [2.45, 2.75) is 39.2 Å². The van der Waals surface area contributed by atoms with Crippen molar-refractivity contribution in [3.05, 3.63) is 47.0 Å². The molecule has 0 aliphatic carbocycles. The van der Waals surface area contributed by atoms with Crippen LogP contribution in [0.4, 0.5) is 0 Å². The van der Waals surface area contributed by atoms with Crippen LogP contribution in [-0.4, -0.2) is 21.1 Å². The van der Waals surface area contributed by atoms with Crippen molar-refractivity contribution in [1.29, 1.82) is 5.26 Å². The molecule has 0 fully saturated rings. The zero-order valence-corrected chi connectivity index (χ0v) is 12.9. The van der Waals surface area contributed by atoms with Crippen LogP contribution < -0.4 is 0 Å². The highest BCUT2D eigenvalue weighted by Crippen LogP contribution is 2.31. The lowest BCUT2D eigenvalue weighted by Gasteiger charge is -2.32. The average Bonchev–Trinajstić information content (AvgIpc) is 2.91. The van der Waals surface area contributed by atoms with E-state index in [9.17, 15) is 4.79 Å². The highest BCUT2D eigenvalue weighted by molar-refractivity contribution is 5.91. The highest BCUT2D eigenvalue weighted by atomic mass is 16.6. The van der Waals surface area contributed by atoms with Crippen molar-refractivity contribution in [3.8, 4) is 11.8 Å². The van der Waals surface area contributed by atoms with Crippen molar-refractivity contribution in [2.24, 2.45) is 0 Å². The fraction of sp³-hybridized carbons (Fsp3) is 0.353. The normalized spacial score (nSPS) is 20.2. The first-order valence-electron chi connectivity index (χ1n) is 7.28. The monoisotopic (exact) mass is 295 g/mol. The predicted octanol–water partition coefficient (Wildman–Crippen LogP) is 2.93. The summed E-state index contributed by atoms with van der Waals surface area (Å²) in [6.07, 6.45) is 3.02. The molecule has 1 unspecified atom stereocenters. The van der Waals surface area contributed by atoms with E-state index >= 15 is 0 Å². The van der Waals surface area contributed by atoms with Crippen molar-refractivity contribution in [3.63, 3.8) is 0 Å². The zero-order chi connectivity index (χ0) is 15.9. The maximum Gasteiger partial charge on any atom is 0.357 e. The van der Waals surface area contributed by atoms with Crippen molar-refractivity contribution < 1.29 is 9.53 Å². The summed E-state index contributed by atoms with van der Waals surface area (Å²) in [5.74, 6) is -0.342. The van der Waals surface area contributed by atoms with Crippen molar-refractivity contribution in [2.75, 3.05) is 0 Å². The molecule has 5 nitrogen and oxygen atoms in total. The third-order valence-corrected chi connectivity index (χ3v) is 4.27. The van der Waals surface area contributed by atoms with Crippen molar-refractivity contribution in [1.82, 2.24) is 9.55 Å². The second-order valence-corrected chi connectivity index (χ2v) is 5.89. The highest BCUT2D eigenvalue weighted by Gasteiger charge is 2.38. The molecule has 1 aromatic heterocycles. The van der Waals surface area contributed by atoms with Crippen LogP contribution in [0.1, 0.15) is 47.6 Å². The molecule has 112 valence electrons. The number of rotatable bonds is 2. The summed E-state index contributed by atoms with van der Waals surface area (Å²) in [7, 11) is 0. The van der Waals surface area contributed by atoms with E-state index in [0.29, 0.717) is 17.7 Å². The van der Waals surface area contributed by atoms with E-state index in [2.05, 4.69) is 11.1 Å². The Bertz CT molecular complexity index is 801. The zero-order valence-electron chi connectivity index (χ0n) is 12.9. The third kappa shape index (κ3) is 2.17. The number of carbonyl (C=O) groups excluding carboxylic acids is 1. The Labute approximate surface area is 129 Å². The molecule has 1 atom stereocenters. The number of esters is 1. The van der Waals surface area contributed by atoms with Crippen LogP contribution in [0.25, 0.3) is 5.69 Å². The van der Waals surface area contributed by atoms with Gasteiger partial charge in [0, 0.05) is 12.1 Å². The van der Waals surface area contributed by atoms with Gasteiger partial charge in [-0.1, -0.05) is 6.92 Å². The van der Waals surface area contributed by atoms with Gasteiger partial charge in [0.1, 0.15) is 11.9 Å². The van der Waals surface area contributed by atoms with Gasteiger partial charge in [0.25, 0.3) is 0 Å². The van der Waals surface area contributed by atoms with E-state index in [1.165, 1.54) is 0 Å². The lowest BCUT2D eigenvalue weighted by molar-refractivity contribution is -0.0186. The van der Waals surface area contributed by atoms with Gasteiger partial charge < -0.3 is 4.74 Å². The first kappa shape index (κ1) is 14.3. The summed E-state index contributed by atoms with van der Waals surface area (Å²) in [6.45, 7) is 5.80. The van der Waals surface area contributed by atoms with Gasteiger partial charge in [0.15, 0.2) is 5.69 Å². The smallest absolute Gasteiger partial charge is 0.357 e. The van der Waals surface area contributed by atoms with Gasteiger partial charge in [-0.25, -0.2) is 9.78 Å². The summed E-state index contributed by atoms with van der Waals surface area (Å²) >= 11 is 0. The molecule has 0 saturated heterocycles. The molecule has 1 aliphatic heterocycles. The number of fused-ring (bicyclic) bond motifs is 1. The number of carbonyl (C=O) groups is 1. The molecule has 1 aliphatic rings. The molecule has 0 N–H and O–H groups in total. The SMILES string of the molecule is CCC1(C)Cc2ncn(-c3ccc(C#N)c(C)c3)c2C(=O)O1. The molecule has 0 bridgehead atoms. The quantitative estimate of drug-likeness (QED) is 0.799. The van der Waals surface area contributed by atoms with Crippen LogP contribution in [0.15, 0.2) is 24.5 Å². The molecule has 2 aromatic rings. The number of imidazole rings is 1. The number of cyclic esters (lactones) is 1. The number of ether oxygens (including phenoxy) is 1. The number of aryl methyl sites for hydroxylation is 1. The van der Waals surface area contributed by atoms with E-state index in [1.807, 2.05) is 32.9 Å². The second-order valence-electron chi connectivity index (χ2n) is 5.89. The average molecular weight is 295 g/mol. The number of benzene rings is 1. The van der Waals surface area contributed by atoms with Crippen LogP contribution in [0.2, 0.25) is 0 Å². The van der Waals surface area contributed by atoms with Gasteiger partial charge in [-0.2, -0.15) is 5.26 Å². The van der Waals surface area contributed by atoms with E-state index in [0.717, 1.165) is 23.4 Å². The predicted molar refractivity (Wildman–Crippen MR) is 80.8 cm³/mol. The molecular weight excluding hydrogens is 278 g/mol. The van der Waals surface area contributed by atoms with Crippen LogP contribution in [0.5, 0.6) is 0 Å². The minimum absolute atomic E-state index is 0.342. The van der Waals surface area contributed by atoms with Gasteiger partial charge in [-0.3, -0.25) is 4.57 Å². The minimum Gasteiger partial charge on any atom is -0.454 e. The number of aromatic nitrogens is 2. The minimum atomic E-state index is -0.482. The Kier molecular flexibility index (Phi) is 3.25. The third-order valence-electron chi connectivity index (χ3n) is 4.27. The Morgan fingerprint density at radius 2 is 2.27 bits per heavy atom. The summed E-state index contributed by atoms with van der Waals surface area (Å²) < 4.78 is 7.33. The molecule has 0 radical (unpaired) electrons. The van der Waals surface area contributed by atoms with Gasteiger partial charge >= 0.3 is 5.97 Å². The largest absolute Gasteiger partial charge is 0.454 e. The Morgan fingerprint density at radius 1 is 1.50 bits per heavy atom. The molecule has 0 spiro atoms. The van der Waals surface area contributed by atoms with Gasteiger partial charge in [-0.15, -0.1) is 0 Å². The molecule has 5 heteroatoms. The second kappa shape index (κ2) is 4.99. The Balaban J connectivity index is 2.08. The standard InChI is InChI=1S/C17H17N3O2/c1-4-17(3)8-14-15(16(21)22-17)20(10-19-14)13-6-5-12(9-18)11(2)7-13/h5-7,10H,4,8H2,1-3H3. The molecule has 22 heavy (non-hydrogen) atoms. The van der Waals surface area contributed by atoms with Crippen LogP contribution in [0, 0.1) is 18.3 Å². The number of hydrogen-bond donors (Lipinski definition) is 0. The molecule has 0 amide bonds. The van der Waals surface area contributed by atoms with Crippen molar-refractivity contribution >= 4 is 5.97 Å². The molecule has 0 saturated carbocycles. The summed E-state index contributed by atoms with van der Waals surface area (Å²) in [6, 6.07) is 7.58. The number of hydrogen-bond acceptors (Lipinski definition) is 4. The summed E-state index contributed by atoms with van der Waals surface area (Å²) in [4.78, 5) is 16.8. The number of nitrogens with zero attached hydrogens (tertiary/aromatic N) is 3. The first-order chi connectivity index (χ1) is 10.5.